The lowest BCUT2D eigenvalue weighted by Crippen LogP contribution is -2.41. The van der Waals surface area contributed by atoms with E-state index in [0.717, 1.165) is 18.4 Å². The summed E-state index contributed by atoms with van der Waals surface area (Å²) in [6, 6.07) is 0. The van der Waals surface area contributed by atoms with E-state index in [-0.39, 0.29) is 5.54 Å². The van der Waals surface area contributed by atoms with Gasteiger partial charge < -0.3 is 10.2 Å². The second kappa shape index (κ2) is 6.75. The third-order valence-electron chi connectivity index (χ3n) is 3.89. The molecule has 2 heteroatoms. The molecular formula is C15H32N2. The van der Waals surface area contributed by atoms with Crippen LogP contribution in [0.25, 0.3) is 0 Å². The quantitative estimate of drug-likeness (QED) is 0.812. The van der Waals surface area contributed by atoms with Gasteiger partial charge in [-0.2, -0.15) is 0 Å². The van der Waals surface area contributed by atoms with E-state index in [1.165, 1.54) is 38.9 Å². The van der Waals surface area contributed by atoms with E-state index in [4.69, 9.17) is 0 Å². The molecule has 0 bridgehead atoms. The Morgan fingerprint density at radius 2 is 1.88 bits per heavy atom. The van der Waals surface area contributed by atoms with E-state index in [2.05, 4.69) is 44.8 Å². The Morgan fingerprint density at radius 3 is 2.47 bits per heavy atom. The minimum absolute atomic E-state index is 0.256. The lowest BCUT2D eigenvalue weighted by Gasteiger charge is -2.25. The fourth-order valence-corrected chi connectivity index (χ4v) is 2.66. The lowest BCUT2D eigenvalue weighted by atomic mass is 9.89. The van der Waals surface area contributed by atoms with Crippen LogP contribution in [0.15, 0.2) is 0 Å². The van der Waals surface area contributed by atoms with E-state index < -0.39 is 0 Å². The van der Waals surface area contributed by atoms with E-state index in [1.807, 2.05) is 0 Å². The smallest absolute Gasteiger partial charge is 0.0107 e. The van der Waals surface area contributed by atoms with Crippen LogP contribution in [0.1, 0.15) is 53.9 Å². The molecule has 1 aliphatic heterocycles. The molecule has 1 aliphatic rings. The molecule has 2 nitrogen and oxygen atoms in total. The standard InChI is InChI=1S/C15H32N2/c1-13(2)14-7-6-10-17(11-8-14)12-9-16-15(3,4)5/h13-14,16H,6-12H2,1-5H3. The van der Waals surface area contributed by atoms with E-state index in [0.29, 0.717) is 0 Å². The van der Waals surface area contributed by atoms with Crippen LogP contribution >= 0.6 is 0 Å². The predicted molar refractivity (Wildman–Crippen MR) is 76.4 cm³/mol. The summed E-state index contributed by atoms with van der Waals surface area (Å²) in [5, 5.41) is 3.58. The third kappa shape index (κ3) is 6.42. The third-order valence-corrected chi connectivity index (χ3v) is 3.89. The van der Waals surface area contributed by atoms with Crippen molar-refractivity contribution in [2.45, 2.75) is 59.4 Å². The van der Waals surface area contributed by atoms with Crippen molar-refractivity contribution in [2.24, 2.45) is 11.8 Å². The minimum Gasteiger partial charge on any atom is -0.311 e. The van der Waals surface area contributed by atoms with Crippen molar-refractivity contribution < 1.29 is 0 Å². The second-order valence-corrected chi connectivity index (χ2v) is 6.95. The van der Waals surface area contributed by atoms with E-state index >= 15 is 0 Å². The van der Waals surface area contributed by atoms with Gasteiger partial charge in [0.15, 0.2) is 0 Å². The maximum absolute atomic E-state index is 3.58. The molecule has 0 aromatic carbocycles. The fraction of sp³-hybridized carbons (Fsp3) is 1.00. The molecule has 1 saturated heterocycles. The predicted octanol–water partition coefficient (Wildman–Crippen LogP) is 3.13. The van der Waals surface area contributed by atoms with Crippen molar-refractivity contribution in [1.29, 1.82) is 0 Å². The molecule has 1 N–H and O–H groups in total. The van der Waals surface area contributed by atoms with Crippen LogP contribution in [-0.4, -0.2) is 36.6 Å². The molecule has 1 unspecified atom stereocenters. The van der Waals surface area contributed by atoms with Gasteiger partial charge in [0.1, 0.15) is 0 Å². The van der Waals surface area contributed by atoms with Gasteiger partial charge in [-0.3, -0.25) is 0 Å². The number of nitrogens with zero attached hydrogens (tertiary/aromatic N) is 1. The van der Waals surface area contributed by atoms with E-state index in [1.54, 1.807) is 0 Å². The fourth-order valence-electron chi connectivity index (χ4n) is 2.66. The van der Waals surface area contributed by atoms with Crippen LogP contribution in [0.3, 0.4) is 0 Å². The van der Waals surface area contributed by atoms with Crippen LogP contribution in [0.2, 0.25) is 0 Å². The molecule has 0 aromatic heterocycles. The summed E-state index contributed by atoms with van der Waals surface area (Å²) in [5.74, 6) is 1.82. The van der Waals surface area contributed by atoms with Crippen molar-refractivity contribution >= 4 is 0 Å². The molecule has 1 fully saturated rings. The Hall–Kier alpha value is -0.0800. The van der Waals surface area contributed by atoms with Gasteiger partial charge in [-0.15, -0.1) is 0 Å². The van der Waals surface area contributed by atoms with Gasteiger partial charge >= 0.3 is 0 Å². The molecule has 1 atom stereocenters. The molecule has 0 radical (unpaired) electrons. The van der Waals surface area contributed by atoms with Crippen LogP contribution in [0.5, 0.6) is 0 Å². The molecule has 1 rings (SSSR count). The Balaban J connectivity index is 2.23. The van der Waals surface area contributed by atoms with Gasteiger partial charge in [0, 0.05) is 18.6 Å². The first kappa shape index (κ1) is 15.0. The Kier molecular flexibility index (Phi) is 5.94. The molecule has 0 saturated carbocycles. The van der Waals surface area contributed by atoms with Crippen LogP contribution in [-0.2, 0) is 0 Å². The lowest BCUT2D eigenvalue weighted by molar-refractivity contribution is 0.261. The zero-order valence-corrected chi connectivity index (χ0v) is 12.6. The SMILES string of the molecule is CC(C)C1CCCN(CCNC(C)(C)C)CC1. The summed E-state index contributed by atoms with van der Waals surface area (Å²) in [6.07, 6.45) is 4.21. The van der Waals surface area contributed by atoms with Gasteiger partial charge in [-0.25, -0.2) is 0 Å². The van der Waals surface area contributed by atoms with E-state index in [9.17, 15) is 0 Å². The summed E-state index contributed by atoms with van der Waals surface area (Å²) in [7, 11) is 0. The van der Waals surface area contributed by atoms with Gasteiger partial charge in [0.25, 0.3) is 0 Å². The first-order valence-corrected chi connectivity index (χ1v) is 7.36. The minimum atomic E-state index is 0.256. The maximum atomic E-state index is 3.58. The first-order chi connectivity index (χ1) is 7.88. The molecule has 0 aliphatic carbocycles. The summed E-state index contributed by atoms with van der Waals surface area (Å²) in [5.41, 5.74) is 0.256. The van der Waals surface area contributed by atoms with Crippen molar-refractivity contribution in [2.75, 3.05) is 26.2 Å². The highest BCUT2D eigenvalue weighted by atomic mass is 15.1. The van der Waals surface area contributed by atoms with Crippen LogP contribution < -0.4 is 5.32 Å². The highest BCUT2D eigenvalue weighted by molar-refractivity contribution is 4.75. The van der Waals surface area contributed by atoms with Crippen molar-refractivity contribution in [3.05, 3.63) is 0 Å². The van der Waals surface area contributed by atoms with Crippen molar-refractivity contribution in [3.8, 4) is 0 Å². The Morgan fingerprint density at radius 1 is 1.18 bits per heavy atom. The highest BCUT2D eigenvalue weighted by Gasteiger charge is 2.19. The molecule has 102 valence electrons. The average Bonchev–Trinajstić information content (AvgIpc) is 2.41. The monoisotopic (exact) mass is 240 g/mol. The molecular weight excluding hydrogens is 208 g/mol. The molecule has 0 aromatic rings. The van der Waals surface area contributed by atoms with Gasteiger partial charge in [-0.05, 0) is 65.0 Å². The van der Waals surface area contributed by atoms with Crippen molar-refractivity contribution in [3.63, 3.8) is 0 Å². The number of nitrogens with one attached hydrogen (secondary N) is 1. The summed E-state index contributed by atoms with van der Waals surface area (Å²) in [4.78, 5) is 2.64. The zero-order valence-electron chi connectivity index (χ0n) is 12.6. The number of likely N-dealkylation sites (tertiary alicyclic amines) is 1. The zero-order chi connectivity index (χ0) is 12.9. The number of hydrogen-bond acceptors (Lipinski definition) is 2. The maximum Gasteiger partial charge on any atom is 0.0107 e. The first-order valence-electron chi connectivity index (χ1n) is 7.36. The van der Waals surface area contributed by atoms with Crippen LogP contribution in [0.4, 0.5) is 0 Å². The Labute approximate surface area is 108 Å². The summed E-state index contributed by atoms with van der Waals surface area (Å²) >= 11 is 0. The van der Waals surface area contributed by atoms with Gasteiger partial charge in [0.2, 0.25) is 0 Å². The average molecular weight is 240 g/mol. The Bertz CT molecular complexity index is 205. The molecule has 0 amide bonds. The number of rotatable bonds is 4. The summed E-state index contributed by atoms with van der Waals surface area (Å²) in [6.45, 7) is 16.4. The topological polar surface area (TPSA) is 15.3 Å². The molecule has 0 spiro atoms. The largest absolute Gasteiger partial charge is 0.311 e. The normalized spacial score (nSPS) is 24.0. The van der Waals surface area contributed by atoms with Gasteiger partial charge in [-0.1, -0.05) is 13.8 Å². The number of hydrogen-bond donors (Lipinski definition) is 1. The summed E-state index contributed by atoms with van der Waals surface area (Å²) < 4.78 is 0. The second-order valence-electron chi connectivity index (χ2n) is 6.95. The van der Waals surface area contributed by atoms with Crippen LogP contribution in [0, 0.1) is 11.8 Å². The molecule has 17 heavy (non-hydrogen) atoms. The van der Waals surface area contributed by atoms with Crippen molar-refractivity contribution in [1.82, 2.24) is 10.2 Å². The highest BCUT2D eigenvalue weighted by Crippen LogP contribution is 2.24. The van der Waals surface area contributed by atoms with Gasteiger partial charge in [0.05, 0.1) is 0 Å². The molecule has 1 heterocycles.